The zero-order chi connectivity index (χ0) is 6.62. The van der Waals surface area contributed by atoms with Crippen molar-refractivity contribution >= 4 is 0 Å². The lowest BCUT2D eigenvalue weighted by Gasteiger charge is -2.02. The molecule has 0 saturated heterocycles. The third-order valence-electron chi connectivity index (χ3n) is 0.515. The van der Waals surface area contributed by atoms with E-state index in [1.807, 2.05) is 0 Å². The van der Waals surface area contributed by atoms with Crippen LogP contribution in [0.2, 0.25) is 0 Å². The van der Waals surface area contributed by atoms with Gasteiger partial charge < -0.3 is 0 Å². The Morgan fingerprint density at radius 2 is 1.88 bits per heavy atom. The number of rotatable bonds is 2. The first kappa shape index (κ1) is 7.75. The lowest BCUT2D eigenvalue weighted by molar-refractivity contribution is -0.125. The fourth-order valence-electron chi connectivity index (χ4n) is 0.239. The van der Waals surface area contributed by atoms with Crippen molar-refractivity contribution in [2.75, 3.05) is 13.1 Å². The predicted octanol–water partition coefficient (Wildman–Crippen LogP) is 1.17. The van der Waals surface area contributed by atoms with Crippen LogP contribution >= 0.6 is 0 Å². The van der Waals surface area contributed by atoms with Gasteiger partial charge in [-0.2, -0.15) is 13.2 Å². The highest BCUT2D eigenvalue weighted by atomic mass is 19.4. The van der Waals surface area contributed by atoms with Gasteiger partial charge in [-0.25, -0.2) is 5.32 Å². The van der Waals surface area contributed by atoms with Crippen LogP contribution in [0, 0.1) is 0 Å². The largest absolute Gasteiger partial charge is 0.402 e. The first-order valence-electron chi connectivity index (χ1n) is 2.26. The Kier molecular flexibility index (Phi) is 2.82. The van der Waals surface area contributed by atoms with E-state index in [2.05, 4.69) is 5.32 Å². The Bertz CT molecular complexity index is 58.8. The van der Waals surface area contributed by atoms with E-state index in [4.69, 9.17) is 0 Å². The smallest absolute Gasteiger partial charge is 0.233 e. The van der Waals surface area contributed by atoms with E-state index in [-0.39, 0.29) is 6.54 Å². The molecule has 0 atom stereocenters. The summed E-state index contributed by atoms with van der Waals surface area (Å²) in [4.78, 5) is 0. The summed E-state index contributed by atoms with van der Waals surface area (Å²) in [7, 11) is 0. The van der Waals surface area contributed by atoms with Crippen LogP contribution in [0.1, 0.15) is 6.92 Å². The molecule has 1 nitrogen and oxygen atoms in total. The molecule has 0 unspecified atom stereocenters. The van der Waals surface area contributed by atoms with Crippen LogP contribution in [-0.2, 0) is 0 Å². The molecular weight excluding hydrogens is 119 g/mol. The van der Waals surface area contributed by atoms with Gasteiger partial charge in [0.05, 0.1) is 0 Å². The summed E-state index contributed by atoms with van der Waals surface area (Å²) in [6.45, 7) is 0.800. The van der Waals surface area contributed by atoms with Crippen LogP contribution in [0.5, 0.6) is 0 Å². The highest BCUT2D eigenvalue weighted by Crippen LogP contribution is 2.12. The molecule has 0 aromatic carbocycles. The molecule has 0 N–H and O–H groups in total. The lowest BCUT2D eigenvalue weighted by atomic mass is 10.6. The molecule has 0 fully saturated rings. The second-order valence-electron chi connectivity index (χ2n) is 1.31. The standard InChI is InChI=1S/C4H7F3N/c1-2-8-3-4(5,6)7/h2-3H2,1H3. The number of hydrogen-bond donors (Lipinski definition) is 0. The molecule has 0 spiro atoms. The summed E-state index contributed by atoms with van der Waals surface area (Å²) >= 11 is 0. The topological polar surface area (TPSA) is 14.1 Å². The van der Waals surface area contributed by atoms with Crippen molar-refractivity contribution in [3.05, 3.63) is 0 Å². The summed E-state index contributed by atoms with van der Waals surface area (Å²) in [6.07, 6.45) is -4.12. The Balaban J connectivity index is 3.11. The Morgan fingerprint density at radius 3 is 2.00 bits per heavy atom. The Hall–Kier alpha value is -0.250. The first-order chi connectivity index (χ1) is 3.56. The van der Waals surface area contributed by atoms with Crippen LogP contribution in [0.3, 0.4) is 0 Å². The summed E-state index contributed by atoms with van der Waals surface area (Å²) < 4.78 is 33.4. The SMILES string of the molecule is CC[N]CC(F)(F)F. The predicted molar refractivity (Wildman–Crippen MR) is 23.6 cm³/mol. The van der Waals surface area contributed by atoms with E-state index < -0.39 is 12.7 Å². The van der Waals surface area contributed by atoms with Crippen molar-refractivity contribution < 1.29 is 13.2 Å². The average molecular weight is 126 g/mol. The van der Waals surface area contributed by atoms with E-state index in [1.165, 1.54) is 0 Å². The highest BCUT2D eigenvalue weighted by Gasteiger charge is 2.26. The molecule has 0 aliphatic rings. The Labute approximate surface area is 45.9 Å². The van der Waals surface area contributed by atoms with Gasteiger partial charge in [-0.05, 0) is 0 Å². The van der Waals surface area contributed by atoms with Crippen LogP contribution < -0.4 is 5.32 Å². The van der Waals surface area contributed by atoms with Gasteiger partial charge in [-0.3, -0.25) is 0 Å². The molecule has 0 aromatic heterocycles. The Morgan fingerprint density at radius 1 is 1.38 bits per heavy atom. The van der Waals surface area contributed by atoms with Crippen LogP contribution in [0.15, 0.2) is 0 Å². The highest BCUT2D eigenvalue weighted by molar-refractivity contribution is 4.51. The van der Waals surface area contributed by atoms with Gasteiger partial charge in [0.2, 0.25) is 0 Å². The molecule has 0 aliphatic carbocycles. The molecule has 0 amide bonds. The second kappa shape index (κ2) is 2.91. The van der Waals surface area contributed by atoms with Gasteiger partial charge in [0.15, 0.2) is 0 Å². The normalized spacial score (nSPS) is 12.0. The fraction of sp³-hybridized carbons (Fsp3) is 1.00. The third kappa shape index (κ3) is 5.75. The van der Waals surface area contributed by atoms with Crippen molar-refractivity contribution in [2.45, 2.75) is 13.1 Å². The molecule has 0 aliphatic heterocycles. The maximum absolute atomic E-state index is 11.1. The van der Waals surface area contributed by atoms with Crippen LogP contribution in [-0.4, -0.2) is 19.3 Å². The summed E-state index contributed by atoms with van der Waals surface area (Å²) in [5, 5.41) is 3.12. The molecule has 1 radical (unpaired) electrons. The minimum atomic E-state index is -4.12. The third-order valence-corrected chi connectivity index (χ3v) is 0.515. The number of nitrogens with zero attached hydrogens (tertiary/aromatic N) is 1. The quantitative estimate of drug-likeness (QED) is 0.527. The molecular formula is C4H7F3N. The van der Waals surface area contributed by atoms with Gasteiger partial charge in [-0.15, -0.1) is 0 Å². The van der Waals surface area contributed by atoms with E-state index in [1.54, 1.807) is 6.92 Å². The monoisotopic (exact) mass is 126 g/mol. The van der Waals surface area contributed by atoms with Gasteiger partial charge in [-0.1, -0.05) is 6.92 Å². The maximum atomic E-state index is 11.1. The molecule has 0 saturated carbocycles. The van der Waals surface area contributed by atoms with Crippen LogP contribution in [0.25, 0.3) is 0 Å². The molecule has 49 valence electrons. The molecule has 0 rings (SSSR count). The zero-order valence-corrected chi connectivity index (χ0v) is 4.50. The summed E-state index contributed by atoms with van der Waals surface area (Å²) in [5.41, 5.74) is 0. The van der Waals surface area contributed by atoms with E-state index in [9.17, 15) is 13.2 Å². The number of alkyl halides is 3. The van der Waals surface area contributed by atoms with Crippen molar-refractivity contribution in [3.63, 3.8) is 0 Å². The number of halogens is 3. The maximum Gasteiger partial charge on any atom is 0.402 e. The first-order valence-corrected chi connectivity index (χ1v) is 2.26. The van der Waals surface area contributed by atoms with Gasteiger partial charge in [0.1, 0.15) is 6.54 Å². The van der Waals surface area contributed by atoms with E-state index in [0.717, 1.165) is 0 Å². The van der Waals surface area contributed by atoms with Crippen molar-refractivity contribution in [3.8, 4) is 0 Å². The van der Waals surface area contributed by atoms with Gasteiger partial charge in [0.25, 0.3) is 0 Å². The van der Waals surface area contributed by atoms with E-state index in [0.29, 0.717) is 0 Å². The summed E-state index contributed by atoms with van der Waals surface area (Å²) in [6, 6.07) is 0. The van der Waals surface area contributed by atoms with E-state index >= 15 is 0 Å². The summed E-state index contributed by atoms with van der Waals surface area (Å²) in [5.74, 6) is 0. The van der Waals surface area contributed by atoms with Crippen molar-refractivity contribution in [2.24, 2.45) is 0 Å². The lowest BCUT2D eigenvalue weighted by Crippen LogP contribution is -2.22. The van der Waals surface area contributed by atoms with Crippen molar-refractivity contribution in [1.29, 1.82) is 0 Å². The number of hydrogen-bond acceptors (Lipinski definition) is 0. The molecule has 4 heteroatoms. The molecule has 0 aromatic rings. The second-order valence-corrected chi connectivity index (χ2v) is 1.31. The fourth-order valence-corrected chi connectivity index (χ4v) is 0.239. The van der Waals surface area contributed by atoms with Gasteiger partial charge >= 0.3 is 6.18 Å². The minimum absolute atomic E-state index is 0.236. The van der Waals surface area contributed by atoms with Gasteiger partial charge in [0, 0.05) is 6.54 Å². The average Bonchev–Trinajstić information content (AvgIpc) is 1.59. The molecule has 8 heavy (non-hydrogen) atoms. The molecule has 0 heterocycles. The van der Waals surface area contributed by atoms with Crippen molar-refractivity contribution in [1.82, 2.24) is 5.32 Å². The molecule has 0 bridgehead atoms. The van der Waals surface area contributed by atoms with Crippen LogP contribution in [0.4, 0.5) is 13.2 Å². The zero-order valence-electron chi connectivity index (χ0n) is 4.50. The minimum Gasteiger partial charge on any atom is -0.233 e.